The minimum Gasteiger partial charge on any atom is -0.710 e. The molecule has 3 nitrogen and oxygen atoms in total. The summed E-state index contributed by atoms with van der Waals surface area (Å²) >= 11 is 0. The number of rotatable bonds is 1. The largest absolute Gasteiger partial charge is 0.710 e. The number of hydrogen-bond acceptors (Lipinski definition) is 2. The van der Waals surface area contributed by atoms with Crippen molar-refractivity contribution >= 4 is 11.5 Å². The van der Waals surface area contributed by atoms with Gasteiger partial charge in [-0.3, -0.25) is 0 Å². The van der Waals surface area contributed by atoms with Gasteiger partial charge in [0, 0.05) is 12.5 Å². The Morgan fingerprint density at radius 2 is 1.80 bits per heavy atom. The molecule has 0 atom stereocenters. The fraction of sp³-hybridized carbons (Fsp3) is 0.333. The molecule has 0 aliphatic carbocycles. The van der Waals surface area contributed by atoms with Crippen molar-refractivity contribution in [3.8, 4) is 0 Å². The Hall–Kier alpha value is -1.64. The van der Waals surface area contributed by atoms with Crippen molar-refractivity contribution in [3.05, 3.63) is 41.1 Å². The number of nitrogens with zero attached hydrogens (tertiary/aromatic N) is 2. The SMILES string of the molecule is CC1=NC(C)(C)C(c2ccccc2)=[N+]1[O-]. The maximum absolute atomic E-state index is 11.9. The van der Waals surface area contributed by atoms with E-state index >= 15 is 0 Å². The molecule has 3 heteroatoms. The number of hydroxylamine groups is 1. The molecule has 2 rings (SSSR count). The van der Waals surface area contributed by atoms with Crippen molar-refractivity contribution in [3.63, 3.8) is 0 Å². The van der Waals surface area contributed by atoms with Gasteiger partial charge in [-0.1, -0.05) is 35.3 Å². The zero-order chi connectivity index (χ0) is 11.1. The van der Waals surface area contributed by atoms with Gasteiger partial charge in [-0.05, 0) is 13.8 Å². The van der Waals surface area contributed by atoms with Crippen molar-refractivity contribution in [1.82, 2.24) is 0 Å². The first-order valence-electron chi connectivity index (χ1n) is 4.99. The van der Waals surface area contributed by atoms with E-state index in [1.165, 1.54) is 0 Å². The molecule has 0 amide bonds. The molecule has 0 radical (unpaired) electrons. The summed E-state index contributed by atoms with van der Waals surface area (Å²) in [5.41, 5.74) is 1.24. The van der Waals surface area contributed by atoms with Crippen LogP contribution in [-0.4, -0.2) is 21.8 Å². The Balaban J connectivity index is 2.56. The van der Waals surface area contributed by atoms with Gasteiger partial charge in [0.05, 0.1) is 0 Å². The van der Waals surface area contributed by atoms with Gasteiger partial charge in [0.25, 0.3) is 5.84 Å². The first-order chi connectivity index (χ1) is 7.02. The predicted molar refractivity (Wildman–Crippen MR) is 61.4 cm³/mol. The first kappa shape index (κ1) is 9.90. The molecule has 1 aromatic carbocycles. The van der Waals surface area contributed by atoms with E-state index in [-0.39, 0.29) is 0 Å². The third-order valence-corrected chi connectivity index (χ3v) is 2.57. The summed E-state index contributed by atoms with van der Waals surface area (Å²) in [5, 5.41) is 11.9. The lowest BCUT2D eigenvalue weighted by atomic mass is 9.93. The highest BCUT2D eigenvalue weighted by Gasteiger charge is 2.40. The van der Waals surface area contributed by atoms with Gasteiger partial charge >= 0.3 is 0 Å². The molecule has 0 saturated heterocycles. The lowest BCUT2D eigenvalue weighted by Gasteiger charge is -2.14. The molecule has 1 aliphatic heterocycles. The molecule has 1 aromatic rings. The van der Waals surface area contributed by atoms with Crippen molar-refractivity contribution in [2.75, 3.05) is 0 Å². The molecule has 0 N–H and O–H groups in total. The van der Waals surface area contributed by atoms with Gasteiger partial charge in [0.1, 0.15) is 0 Å². The minimum absolute atomic E-state index is 0.423. The van der Waals surface area contributed by atoms with Crippen LogP contribution in [0.1, 0.15) is 26.3 Å². The second-order valence-corrected chi connectivity index (χ2v) is 4.23. The third kappa shape index (κ3) is 1.54. The summed E-state index contributed by atoms with van der Waals surface area (Å²) in [6, 6.07) is 9.68. The van der Waals surface area contributed by atoms with Crippen LogP contribution in [-0.2, 0) is 0 Å². The molecular formula is C12H14N2O. The Kier molecular flexibility index (Phi) is 2.11. The zero-order valence-corrected chi connectivity index (χ0v) is 9.19. The van der Waals surface area contributed by atoms with E-state index in [4.69, 9.17) is 0 Å². The van der Waals surface area contributed by atoms with Crippen LogP contribution in [0.3, 0.4) is 0 Å². The van der Waals surface area contributed by atoms with Crippen LogP contribution in [0.25, 0.3) is 0 Å². The molecule has 15 heavy (non-hydrogen) atoms. The smallest absolute Gasteiger partial charge is 0.293 e. The molecule has 1 heterocycles. The highest BCUT2D eigenvalue weighted by molar-refractivity contribution is 6.09. The van der Waals surface area contributed by atoms with Gasteiger partial charge in [-0.15, -0.1) is 0 Å². The number of amidine groups is 1. The Bertz CT molecular complexity index is 444. The molecule has 0 spiro atoms. The number of benzene rings is 1. The summed E-state index contributed by atoms with van der Waals surface area (Å²) in [6.45, 7) is 5.65. The van der Waals surface area contributed by atoms with Crippen LogP contribution >= 0.6 is 0 Å². The lowest BCUT2D eigenvalue weighted by molar-refractivity contribution is -0.322. The van der Waals surface area contributed by atoms with Crippen LogP contribution < -0.4 is 0 Å². The van der Waals surface area contributed by atoms with E-state index in [9.17, 15) is 5.21 Å². The molecule has 0 bridgehead atoms. The lowest BCUT2D eigenvalue weighted by Crippen LogP contribution is -2.31. The maximum atomic E-state index is 11.9. The minimum atomic E-state index is -0.423. The highest BCUT2D eigenvalue weighted by atomic mass is 16.5. The fourth-order valence-corrected chi connectivity index (χ4v) is 1.98. The molecule has 78 valence electrons. The normalized spacial score (nSPS) is 19.3. The van der Waals surface area contributed by atoms with E-state index in [1.807, 2.05) is 44.2 Å². The van der Waals surface area contributed by atoms with Crippen LogP contribution in [0, 0.1) is 5.21 Å². The van der Waals surface area contributed by atoms with Gasteiger partial charge in [0.15, 0.2) is 5.71 Å². The molecular weight excluding hydrogens is 188 g/mol. The van der Waals surface area contributed by atoms with E-state index < -0.39 is 5.54 Å². The molecule has 0 saturated carbocycles. The summed E-state index contributed by atoms with van der Waals surface area (Å²) in [5.74, 6) is 0.527. The number of aliphatic imine (C=N–C) groups is 1. The van der Waals surface area contributed by atoms with Crippen LogP contribution in [0.15, 0.2) is 35.3 Å². The summed E-state index contributed by atoms with van der Waals surface area (Å²) in [4.78, 5) is 4.35. The van der Waals surface area contributed by atoms with Crippen LogP contribution in [0.5, 0.6) is 0 Å². The quantitative estimate of drug-likeness (QED) is 0.508. The number of hydrogen-bond donors (Lipinski definition) is 0. The summed E-state index contributed by atoms with van der Waals surface area (Å²) in [6.07, 6.45) is 0. The maximum Gasteiger partial charge on any atom is 0.293 e. The topological polar surface area (TPSA) is 38.4 Å². The van der Waals surface area contributed by atoms with Crippen molar-refractivity contribution in [1.29, 1.82) is 0 Å². The first-order valence-corrected chi connectivity index (χ1v) is 4.99. The Morgan fingerprint density at radius 3 is 2.27 bits per heavy atom. The third-order valence-electron chi connectivity index (χ3n) is 2.57. The van der Waals surface area contributed by atoms with Crippen LogP contribution in [0.4, 0.5) is 0 Å². The van der Waals surface area contributed by atoms with Crippen molar-refractivity contribution in [2.45, 2.75) is 26.3 Å². The van der Waals surface area contributed by atoms with Gasteiger partial charge in [0.2, 0.25) is 5.54 Å². The van der Waals surface area contributed by atoms with E-state index in [0.717, 1.165) is 16.0 Å². The van der Waals surface area contributed by atoms with Crippen molar-refractivity contribution in [2.24, 2.45) is 4.99 Å². The average Bonchev–Trinajstić information content (AvgIpc) is 2.37. The monoisotopic (exact) mass is 202 g/mol. The Morgan fingerprint density at radius 1 is 1.20 bits per heavy atom. The van der Waals surface area contributed by atoms with Gasteiger partial charge in [-0.25, -0.2) is 4.74 Å². The standard InChI is InChI=1S/C12H14N2O/c1-9-13-12(2,3)11(14(9)15)10-7-5-4-6-8-10/h4-8H,1-3H3. The van der Waals surface area contributed by atoms with Crippen LogP contribution in [0.2, 0.25) is 0 Å². The molecule has 0 aromatic heterocycles. The average molecular weight is 202 g/mol. The van der Waals surface area contributed by atoms with E-state index in [0.29, 0.717) is 5.84 Å². The van der Waals surface area contributed by atoms with E-state index in [1.54, 1.807) is 6.92 Å². The van der Waals surface area contributed by atoms with Crippen molar-refractivity contribution < 1.29 is 4.74 Å². The second-order valence-electron chi connectivity index (χ2n) is 4.23. The molecule has 1 aliphatic rings. The molecule has 0 fully saturated rings. The fourth-order valence-electron chi connectivity index (χ4n) is 1.98. The zero-order valence-electron chi connectivity index (χ0n) is 9.19. The van der Waals surface area contributed by atoms with Gasteiger partial charge in [-0.2, -0.15) is 0 Å². The predicted octanol–water partition coefficient (Wildman–Crippen LogP) is 2.20. The summed E-state index contributed by atoms with van der Waals surface area (Å²) < 4.78 is 0.926. The second kappa shape index (κ2) is 3.19. The molecule has 0 unspecified atom stereocenters. The Labute approximate surface area is 89.4 Å². The summed E-state index contributed by atoms with van der Waals surface area (Å²) in [7, 11) is 0. The van der Waals surface area contributed by atoms with E-state index in [2.05, 4.69) is 4.99 Å². The highest BCUT2D eigenvalue weighted by Crippen LogP contribution is 2.23. The van der Waals surface area contributed by atoms with Gasteiger partial charge < -0.3 is 5.21 Å².